The van der Waals surface area contributed by atoms with Gasteiger partial charge >= 0.3 is 0 Å². The number of aromatic nitrogens is 1. The van der Waals surface area contributed by atoms with E-state index in [1.165, 1.54) is 15.6 Å². The van der Waals surface area contributed by atoms with Crippen LogP contribution in [0.5, 0.6) is 0 Å². The van der Waals surface area contributed by atoms with Gasteiger partial charge in [-0.15, -0.1) is 11.3 Å². The number of nitrogens with zero attached hydrogens (tertiary/aromatic N) is 3. The standard InChI is InChI=1S/C24H26N4O2S/c1-27(23(29)16-6-7-16)19-10-11-28(14-19)24(30)17-8-9-22(25-12-17)26-13-18-15-31-21-5-3-2-4-20(18)21/h2-5,8-9,12,15-16,19H,6-7,10-11,13-14H2,1H3,(H,25,26)/t19-/m0/s1. The molecule has 0 unspecified atom stereocenters. The van der Waals surface area contributed by atoms with E-state index in [0.29, 0.717) is 25.2 Å². The van der Waals surface area contributed by atoms with Gasteiger partial charge in [0.05, 0.1) is 11.6 Å². The molecule has 2 fully saturated rings. The van der Waals surface area contributed by atoms with Crippen molar-refractivity contribution < 1.29 is 9.59 Å². The van der Waals surface area contributed by atoms with E-state index in [0.717, 1.165) is 25.1 Å². The van der Waals surface area contributed by atoms with Crippen molar-refractivity contribution in [1.29, 1.82) is 0 Å². The monoisotopic (exact) mass is 434 g/mol. The minimum Gasteiger partial charge on any atom is -0.366 e. The van der Waals surface area contributed by atoms with E-state index in [1.807, 2.05) is 29.0 Å². The molecule has 1 aliphatic heterocycles. The van der Waals surface area contributed by atoms with E-state index in [-0.39, 0.29) is 23.8 Å². The summed E-state index contributed by atoms with van der Waals surface area (Å²) in [6.45, 7) is 1.97. The van der Waals surface area contributed by atoms with Crippen molar-refractivity contribution in [1.82, 2.24) is 14.8 Å². The van der Waals surface area contributed by atoms with E-state index in [4.69, 9.17) is 0 Å². The molecule has 5 rings (SSSR count). The van der Waals surface area contributed by atoms with Gasteiger partial charge in [0.2, 0.25) is 5.91 Å². The topological polar surface area (TPSA) is 65.5 Å². The van der Waals surface area contributed by atoms with Crippen molar-refractivity contribution in [2.24, 2.45) is 5.92 Å². The summed E-state index contributed by atoms with van der Waals surface area (Å²) in [5.41, 5.74) is 1.83. The molecular weight excluding hydrogens is 408 g/mol. The Balaban J connectivity index is 1.18. The normalized spacial score (nSPS) is 18.4. The summed E-state index contributed by atoms with van der Waals surface area (Å²) in [6.07, 6.45) is 4.49. The van der Waals surface area contributed by atoms with Crippen molar-refractivity contribution in [2.75, 3.05) is 25.5 Å². The van der Waals surface area contributed by atoms with Crippen LogP contribution in [-0.2, 0) is 11.3 Å². The minimum absolute atomic E-state index is 0.0161. The van der Waals surface area contributed by atoms with Crippen molar-refractivity contribution in [3.8, 4) is 0 Å². The van der Waals surface area contributed by atoms with Crippen molar-refractivity contribution in [3.63, 3.8) is 0 Å². The van der Waals surface area contributed by atoms with Crippen LogP contribution in [0.25, 0.3) is 10.1 Å². The summed E-state index contributed by atoms with van der Waals surface area (Å²) in [7, 11) is 1.87. The van der Waals surface area contributed by atoms with Crippen molar-refractivity contribution >= 4 is 39.1 Å². The number of carbonyl (C=O) groups excluding carboxylic acids is 2. The molecule has 3 heterocycles. The van der Waals surface area contributed by atoms with E-state index < -0.39 is 0 Å². The van der Waals surface area contributed by atoms with Crippen LogP contribution in [0.4, 0.5) is 5.82 Å². The zero-order valence-electron chi connectivity index (χ0n) is 17.6. The van der Waals surface area contributed by atoms with Crippen LogP contribution in [0, 0.1) is 5.92 Å². The number of hydrogen-bond donors (Lipinski definition) is 1. The number of likely N-dealkylation sites (N-methyl/N-ethyl adjacent to an activating group) is 1. The lowest BCUT2D eigenvalue weighted by atomic mass is 10.2. The Kier molecular flexibility index (Phi) is 5.36. The molecule has 1 aliphatic carbocycles. The summed E-state index contributed by atoms with van der Waals surface area (Å²) < 4.78 is 1.28. The average Bonchev–Trinajstić information content (AvgIpc) is 3.39. The van der Waals surface area contributed by atoms with Gasteiger partial charge in [-0.3, -0.25) is 9.59 Å². The maximum atomic E-state index is 12.9. The third-order valence-corrected chi connectivity index (χ3v) is 7.32. The van der Waals surface area contributed by atoms with Crippen LogP contribution in [0.1, 0.15) is 35.2 Å². The summed E-state index contributed by atoms with van der Waals surface area (Å²) in [5.74, 6) is 1.18. The molecule has 2 amide bonds. The van der Waals surface area contributed by atoms with Gasteiger partial charge in [-0.1, -0.05) is 18.2 Å². The first kappa shape index (κ1) is 20.0. The molecule has 6 nitrogen and oxygen atoms in total. The lowest BCUT2D eigenvalue weighted by molar-refractivity contribution is -0.133. The van der Waals surface area contributed by atoms with Crippen LogP contribution < -0.4 is 5.32 Å². The Morgan fingerprint density at radius 1 is 1.19 bits per heavy atom. The SMILES string of the molecule is CN(C(=O)C1CC1)[C@H]1CCN(C(=O)c2ccc(NCc3csc4ccccc34)nc2)C1. The maximum absolute atomic E-state index is 12.9. The number of thiophene rings is 1. The number of likely N-dealkylation sites (tertiary alicyclic amines) is 1. The van der Waals surface area contributed by atoms with Gasteiger partial charge in [0.25, 0.3) is 5.91 Å². The number of nitrogens with one attached hydrogen (secondary N) is 1. The van der Waals surface area contributed by atoms with E-state index >= 15 is 0 Å². The Morgan fingerprint density at radius 2 is 2.03 bits per heavy atom. The first-order valence-electron chi connectivity index (χ1n) is 10.8. The quantitative estimate of drug-likeness (QED) is 0.637. The van der Waals surface area contributed by atoms with Gasteiger partial charge in [-0.25, -0.2) is 4.98 Å². The summed E-state index contributed by atoms with van der Waals surface area (Å²) in [5, 5.41) is 6.79. The molecule has 1 N–H and O–H groups in total. The second-order valence-corrected chi connectivity index (χ2v) is 9.37. The lowest BCUT2D eigenvalue weighted by Crippen LogP contribution is -2.40. The highest BCUT2D eigenvalue weighted by Crippen LogP contribution is 2.32. The molecule has 0 spiro atoms. The smallest absolute Gasteiger partial charge is 0.255 e. The third kappa shape index (κ3) is 4.14. The third-order valence-electron chi connectivity index (χ3n) is 6.30. The van der Waals surface area contributed by atoms with Gasteiger partial charge in [0, 0.05) is 43.5 Å². The molecule has 2 aromatic heterocycles. The molecule has 160 valence electrons. The van der Waals surface area contributed by atoms with Gasteiger partial charge in [-0.05, 0) is 53.8 Å². The lowest BCUT2D eigenvalue weighted by Gasteiger charge is -2.25. The second-order valence-electron chi connectivity index (χ2n) is 8.46. The second kappa shape index (κ2) is 8.30. The number of hydrogen-bond acceptors (Lipinski definition) is 5. The van der Waals surface area contributed by atoms with E-state index in [1.54, 1.807) is 17.5 Å². The molecule has 1 saturated carbocycles. The summed E-state index contributed by atoms with van der Waals surface area (Å²) in [6, 6.07) is 12.2. The van der Waals surface area contributed by atoms with Crippen molar-refractivity contribution in [3.05, 3.63) is 59.1 Å². The van der Waals surface area contributed by atoms with Crippen LogP contribution in [0.2, 0.25) is 0 Å². The molecule has 1 atom stereocenters. The number of carbonyl (C=O) groups is 2. The number of benzene rings is 1. The fourth-order valence-electron chi connectivity index (χ4n) is 4.20. The highest BCUT2D eigenvalue weighted by atomic mass is 32.1. The fraction of sp³-hybridized carbons (Fsp3) is 0.375. The van der Waals surface area contributed by atoms with Crippen LogP contribution in [-0.4, -0.2) is 52.8 Å². The van der Waals surface area contributed by atoms with Gasteiger partial charge in [0.15, 0.2) is 0 Å². The Bertz CT molecular complexity index is 1110. The number of anilines is 1. The molecule has 31 heavy (non-hydrogen) atoms. The Labute approximate surface area is 185 Å². The molecule has 0 radical (unpaired) electrons. The molecular formula is C24H26N4O2S. The molecule has 0 bridgehead atoms. The summed E-state index contributed by atoms with van der Waals surface area (Å²) in [4.78, 5) is 33.3. The first-order valence-corrected chi connectivity index (χ1v) is 11.7. The van der Waals surface area contributed by atoms with Crippen LogP contribution in [0.15, 0.2) is 48.0 Å². The van der Waals surface area contributed by atoms with Crippen LogP contribution in [0.3, 0.4) is 0 Å². The molecule has 3 aromatic rings. The first-order chi connectivity index (χ1) is 15.1. The molecule has 1 saturated heterocycles. The van der Waals surface area contributed by atoms with Gasteiger partial charge < -0.3 is 15.1 Å². The number of fused-ring (bicyclic) bond motifs is 1. The average molecular weight is 435 g/mol. The number of rotatable bonds is 6. The van der Waals surface area contributed by atoms with Gasteiger partial charge in [0.1, 0.15) is 5.82 Å². The highest BCUT2D eigenvalue weighted by molar-refractivity contribution is 7.17. The Morgan fingerprint density at radius 3 is 2.81 bits per heavy atom. The van der Waals surface area contributed by atoms with Crippen LogP contribution >= 0.6 is 11.3 Å². The molecule has 2 aliphatic rings. The zero-order valence-corrected chi connectivity index (χ0v) is 18.4. The predicted molar refractivity (Wildman–Crippen MR) is 123 cm³/mol. The largest absolute Gasteiger partial charge is 0.366 e. The summed E-state index contributed by atoms with van der Waals surface area (Å²) >= 11 is 1.74. The van der Waals surface area contributed by atoms with E-state index in [9.17, 15) is 9.59 Å². The number of amides is 2. The number of pyridine rings is 1. The minimum atomic E-state index is -0.0161. The maximum Gasteiger partial charge on any atom is 0.255 e. The fourth-order valence-corrected chi connectivity index (χ4v) is 5.17. The zero-order chi connectivity index (χ0) is 21.4. The van der Waals surface area contributed by atoms with E-state index in [2.05, 4.69) is 39.9 Å². The Hall–Kier alpha value is -2.93. The predicted octanol–water partition coefficient (Wildman–Crippen LogP) is 3.99. The molecule has 1 aromatic carbocycles. The highest BCUT2D eigenvalue weighted by Gasteiger charge is 2.37. The van der Waals surface area contributed by atoms with Gasteiger partial charge in [-0.2, -0.15) is 0 Å². The van der Waals surface area contributed by atoms with Crippen molar-refractivity contribution in [2.45, 2.75) is 31.8 Å². The molecule has 7 heteroatoms.